The molecule has 0 aliphatic heterocycles. The van der Waals surface area contributed by atoms with Crippen LogP contribution in [0.4, 0.5) is 0 Å². The summed E-state index contributed by atoms with van der Waals surface area (Å²) < 4.78 is 34.1. The summed E-state index contributed by atoms with van der Waals surface area (Å²) in [4.78, 5) is 11.9. The number of carbonyl (C=O) groups excluding carboxylic acids is 1. The van der Waals surface area contributed by atoms with Gasteiger partial charge in [0.25, 0.3) is 0 Å². The van der Waals surface area contributed by atoms with E-state index in [0.717, 1.165) is 0 Å². The van der Waals surface area contributed by atoms with Crippen LogP contribution in [-0.4, -0.2) is 40.0 Å². The Bertz CT molecular complexity index is 657. The molecular formula is C14H24N4O4S. The lowest BCUT2D eigenvalue weighted by Gasteiger charge is -2.34. The number of esters is 1. The number of aryl methyl sites for hydroxylation is 1. The van der Waals surface area contributed by atoms with Gasteiger partial charge in [-0.05, 0) is 40.5 Å². The molecule has 1 N–H and O–H groups in total. The molecule has 0 atom stereocenters. The summed E-state index contributed by atoms with van der Waals surface area (Å²) in [5.41, 5.74) is -0.552. The molecule has 2 rings (SSSR count). The van der Waals surface area contributed by atoms with Crippen molar-refractivity contribution in [2.45, 2.75) is 64.5 Å². The standard InChI is InChI=1S/C14H24N4O4S/c1-5-18-9-15-17-12(18)8-16-23(20,21)11-6-10(7-11)13(19)22-14(2,3)4/h9-11,16H,5-8H2,1-4H3. The molecule has 0 saturated heterocycles. The molecular weight excluding hydrogens is 320 g/mol. The second kappa shape index (κ2) is 6.56. The molecule has 1 fully saturated rings. The van der Waals surface area contributed by atoms with Crippen molar-refractivity contribution in [1.82, 2.24) is 19.5 Å². The van der Waals surface area contributed by atoms with Gasteiger partial charge in [0.1, 0.15) is 17.8 Å². The topological polar surface area (TPSA) is 103 Å². The minimum atomic E-state index is -3.47. The minimum Gasteiger partial charge on any atom is -0.460 e. The third-order valence-corrected chi connectivity index (χ3v) is 5.55. The Morgan fingerprint density at radius 2 is 2.09 bits per heavy atom. The largest absolute Gasteiger partial charge is 0.460 e. The number of sulfonamides is 1. The van der Waals surface area contributed by atoms with Crippen LogP contribution < -0.4 is 4.72 Å². The van der Waals surface area contributed by atoms with Gasteiger partial charge in [0.15, 0.2) is 0 Å². The molecule has 130 valence electrons. The molecule has 23 heavy (non-hydrogen) atoms. The zero-order chi connectivity index (χ0) is 17.3. The number of ether oxygens (including phenoxy) is 1. The lowest BCUT2D eigenvalue weighted by Crippen LogP contribution is -2.46. The zero-order valence-electron chi connectivity index (χ0n) is 13.9. The number of hydrogen-bond acceptors (Lipinski definition) is 6. The highest BCUT2D eigenvalue weighted by molar-refractivity contribution is 7.90. The predicted molar refractivity (Wildman–Crippen MR) is 83.8 cm³/mol. The van der Waals surface area contributed by atoms with Crippen LogP contribution in [0, 0.1) is 5.92 Å². The van der Waals surface area contributed by atoms with Gasteiger partial charge < -0.3 is 9.30 Å². The van der Waals surface area contributed by atoms with E-state index in [-0.39, 0.29) is 18.4 Å². The van der Waals surface area contributed by atoms with Crippen molar-refractivity contribution >= 4 is 16.0 Å². The highest BCUT2D eigenvalue weighted by Crippen LogP contribution is 2.34. The number of nitrogens with zero attached hydrogens (tertiary/aromatic N) is 3. The van der Waals surface area contributed by atoms with Gasteiger partial charge in [-0.2, -0.15) is 0 Å². The van der Waals surface area contributed by atoms with Crippen molar-refractivity contribution in [3.05, 3.63) is 12.2 Å². The van der Waals surface area contributed by atoms with Crippen LogP contribution in [-0.2, 0) is 32.6 Å². The molecule has 0 bridgehead atoms. The molecule has 1 heterocycles. The normalized spacial score (nSPS) is 21.7. The Balaban J connectivity index is 1.85. The van der Waals surface area contributed by atoms with Gasteiger partial charge in [-0.3, -0.25) is 4.79 Å². The smallest absolute Gasteiger partial charge is 0.309 e. The molecule has 1 aromatic rings. The van der Waals surface area contributed by atoms with Gasteiger partial charge in [0, 0.05) is 6.54 Å². The first-order valence-electron chi connectivity index (χ1n) is 7.70. The highest BCUT2D eigenvalue weighted by Gasteiger charge is 2.43. The summed E-state index contributed by atoms with van der Waals surface area (Å²) in [5.74, 6) is -0.0936. The van der Waals surface area contributed by atoms with E-state index in [0.29, 0.717) is 25.2 Å². The van der Waals surface area contributed by atoms with Gasteiger partial charge in [-0.1, -0.05) is 0 Å². The third kappa shape index (κ3) is 4.51. The molecule has 1 aromatic heterocycles. The van der Waals surface area contributed by atoms with Crippen LogP contribution in [0.5, 0.6) is 0 Å². The first-order chi connectivity index (χ1) is 10.6. The fourth-order valence-corrected chi connectivity index (χ4v) is 3.90. The zero-order valence-corrected chi connectivity index (χ0v) is 14.8. The lowest BCUT2D eigenvalue weighted by atomic mass is 9.85. The van der Waals surface area contributed by atoms with Crippen LogP contribution in [0.1, 0.15) is 46.4 Å². The van der Waals surface area contributed by atoms with Crippen LogP contribution in [0.15, 0.2) is 6.33 Å². The first kappa shape index (κ1) is 17.9. The Morgan fingerprint density at radius 1 is 1.43 bits per heavy atom. The van der Waals surface area contributed by atoms with Crippen molar-refractivity contribution in [2.75, 3.05) is 0 Å². The number of carbonyl (C=O) groups is 1. The van der Waals surface area contributed by atoms with Crippen LogP contribution in [0.3, 0.4) is 0 Å². The minimum absolute atomic E-state index is 0.101. The van der Waals surface area contributed by atoms with Gasteiger partial charge in [-0.15, -0.1) is 10.2 Å². The van der Waals surface area contributed by atoms with E-state index in [2.05, 4.69) is 14.9 Å². The molecule has 8 nitrogen and oxygen atoms in total. The molecule has 1 saturated carbocycles. The second-order valence-corrected chi connectivity index (χ2v) is 8.77. The fraction of sp³-hybridized carbons (Fsp3) is 0.786. The third-order valence-electron chi connectivity index (χ3n) is 3.74. The van der Waals surface area contributed by atoms with Crippen molar-refractivity contribution in [1.29, 1.82) is 0 Å². The predicted octanol–water partition coefficient (Wildman–Crippen LogP) is 0.838. The summed E-state index contributed by atoms with van der Waals surface area (Å²) in [6.45, 7) is 8.09. The maximum absolute atomic E-state index is 12.2. The summed E-state index contributed by atoms with van der Waals surface area (Å²) in [6, 6.07) is 0. The second-order valence-electron chi connectivity index (χ2n) is 6.72. The SMILES string of the molecule is CCn1cnnc1CNS(=O)(=O)C1CC(C(=O)OC(C)(C)C)C1. The molecule has 9 heteroatoms. The van der Waals surface area contributed by atoms with E-state index in [4.69, 9.17) is 4.74 Å². The fourth-order valence-electron chi connectivity index (χ4n) is 2.36. The van der Waals surface area contributed by atoms with Gasteiger partial charge >= 0.3 is 5.97 Å². The average molecular weight is 344 g/mol. The van der Waals surface area contributed by atoms with Crippen molar-refractivity contribution in [3.63, 3.8) is 0 Å². The average Bonchev–Trinajstić information content (AvgIpc) is 2.79. The number of hydrogen-bond donors (Lipinski definition) is 1. The molecule has 1 aliphatic carbocycles. The Hall–Kier alpha value is -1.48. The van der Waals surface area contributed by atoms with Gasteiger partial charge in [0.2, 0.25) is 10.0 Å². The van der Waals surface area contributed by atoms with E-state index < -0.39 is 20.9 Å². The first-order valence-corrected chi connectivity index (χ1v) is 9.25. The van der Waals surface area contributed by atoms with Crippen molar-refractivity contribution in [3.8, 4) is 0 Å². The van der Waals surface area contributed by atoms with Crippen LogP contribution in [0.25, 0.3) is 0 Å². The Labute approximate surface area is 136 Å². The molecule has 0 aromatic carbocycles. The summed E-state index contributed by atoms with van der Waals surface area (Å²) in [6.07, 6.45) is 2.15. The van der Waals surface area contributed by atoms with E-state index in [1.807, 2.05) is 6.92 Å². The summed E-state index contributed by atoms with van der Waals surface area (Å²) in [5, 5.41) is 7.09. The summed E-state index contributed by atoms with van der Waals surface area (Å²) >= 11 is 0. The quantitative estimate of drug-likeness (QED) is 0.767. The lowest BCUT2D eigenvalue weighted by molar-refractivity contribution is -0.162. The number of nitrogens with one attached hydrogen (secondary N) is 1. The number of rotatable bonds is 6. The Morgan fingerprint density at radius 3 is 2.65 bits per heavy atom. The highest BCUT2D eigenvalue weighted by atomic mass is 32.2. The summed E-state index contributed by atoms with van der Waals surface area (Å²) in [7, 11) is -3.47. The number of aromatic nitrogens is 3. The van der Waals surface area contributed by atoms with Gasteiger partial charge in [-0.25, -0.2) is 13.1 Å². The molecule has 0 radical (unpaired) electrons. The maximum Gasteiger partial charge on any atom is 0.309 e. The molecule has 0 spiro atoms. The van der Waals surface area contributed by atoms with Crippen LogP contribution in [0.2, 0.25) is 0 Å². The molecule has 0 amide bonds. The van der Waals surface area contributed by atoms with E-state index >= 15 is 0 Å². The van der Waals surface area contributed by atoms with Crippen molar-refractivity contribution in [2.24, 2.45) is 5.92 Å². The van der Waals surface area contributed by atoms with Crippen molar-refractivity contribution < 1.29 is 17.9 Å². The Kier molecular flexibility index (Phi) is 5.10. The monoisotopic (exact) mass is 344 g/mol. The molecule has 1 aliphatic rings. The van der Waals surface area contributed by atoms with Crippen LogP contribution >= 0.6 is 0 Å². The molecule has 0 unspecified atom stereocenters. The van der Waals surface area contributed by atoms with Gasteiger partial charge in [0.05, 0.1) is 17.7 Å². The van der Waals surface area contributed by atoms with E-state index in [1.54, 1.807) is 31.7 Å². The van der Waals surface area contributed by atoms with E-state index in [1.165, 1.54) is 0 Å². The van der Waals surface area contributed by atoms with E-state index in [9.17, 15) is 13.2 Å². The maximum atomic E-state index is 12.2.